The van der Waals surface area contributed by atoms with Gasteiger partial charge in [0.1, 0.15) is 5.75 Å². The summed E-state index contributed by atoms with van der Waals surface area (Å²) < 4.78 is 65.2. The topological polar surface area (TPSA) is 85.1 Å². The molecular formula is C9H11F3N2O3S. The van der Waals surface area contributed by atoms with Crippen LogP contribution in [0.1, 0.15) is 0 Å². The summed E-state index contributed by atoms with van der Waals surface area (Å²) in [6.45, 7) is 0.168. The lowest BCUT2D eigenvalue weighted by Gasteiger charge is -2.21. The summed E-state index contributed by atoms with van der Waals surface area (Å²) in [5.74, 6) is -0.649. The third-order valence-electron chi connectivity index (χ3n) is 1.72. The number of rotatable bonds is 5. The highest BCUT2D eigenvalue weighted by atomic mass is 32.2. The van der Waals surface area contributed by atoms with Crippen LogP contribution in [0, 0.1) is 0 Å². The van der Waals surface area contributed by atoms with Crippen LogP contribution in [0.25, 0.3) is 4.72 Å². The quantitative estimate of drug-likeness (QED) is 0.880. The van der Waals surface area contributed by atoms with Crippen molar-refractivity contribution in [1.82, 2.24) is 0 Å². The molecule has 0 aromatic heterocycles. The zero-order chi connectivity index (χ0) is 13.8. The normalized spacial score (nSPS) is 12.2. The van der Waals surface area contributed by atoms with Gasteiger partial charge in [0.25, 0.3) is 0 Å². The smallest absolute Gasteiger partial charge is 0.573 e. The van der Waals surface area contributed by atoms with Gasteiger partial charge in [-0.25, -0.2) is 8.42 Å². The first kappa shape index (κ1) is 14.6. The molecule has 0 heterocycles. The molecule has 9 heteroatoms. The van der Waals surface area contributed by atoms with Crippen LogP contribution in [0.3, 0.4) is 0 Å². The number of alkyl halides is 3. The van der Waals surface area contributed by atoms with Crippen molar-refractivity contribution in [2.45, 2.75) is 6.36 Å². The van der Waals surface area contributed by atoms with Crippen LogP contribution in [0.2, 0.25) is 0 Å². The largest absolute Gasteiger partial charge is 0.577 e. The lowest BCUT2D eigenvalue weighted by atomic mass is 10.3. The minimum Gasteiger partial charge on any atom is -0.577 e. The zero-order valence-electron chi connectivity index (χ0n) is 9.14. The van der Waals surface area contributed by atoms with Crippen molar-refractivity contribution in [1.29, 1.82) is 0 Å². The minimum absolute atomic E-state index is 0.0398. The second-order valence-corrected chi connectivity index (χ2v) is 5.03. The van der Waals surface area contributed by atoms with Crippen molar-refractivity contribution in [3.05, 3.63) is 29.0 Å². The summed E-state index contributed by atoms with van der Waals surface area (Å²) in [5, 5.41) is 0. The highest BCUT2D eigenvalue weighted by Crippen LogP contribution is 2.28. The Morgan fingerprint density at radius 1 is 1.22 bits per heavy atom. The number of hydrogen-bond acceptors (Lipinski definition) is 3. The van der Waals surface area contributed by atoms with Crippen LogP contribution in [0.4, 0.5) is 18.9 Å². The van der Waals surface area contributed by atoms with Gasteiger partial charge in [-0.2, -0.15) is 0 Å². The molecule has 1 rings (SSSR count). The summed E-state index contributed by atoms with van der Waals surface area (Å²) in [6.07, 6.45) is -4.78. The molecule has 0 radical (unpaired) electrons. The fourth-order valence-corrected chi connectivity index (χ4v) is 2.00. The van der Waals surface area contributed by atoms with Gasteiger partial charge in [-0.05, 0) is 12.1 Å². The summed E-state index contributed by atoms with van der Waals surface area (Å²) >= 11 is 0. The number of halogens is 3. The summed E-state index contributed by atoms with van der Waals surface area (Å²) in [4.78, 5) is 0. The fraction of sp³-hybridized carbons (Fsp3) is 0.333. The van der Waals surface area contributed by atoms with Gasteiger partial charge in [-0.3, -0.25) is 0 Å². The average molecular weight is 284 g/mol. The van der Waals surface area contributed by atoms with E-state index in [-0.39, 0.29) is 18.0 Å². The van der Waals surface area contributed by atoms with Crippen molar-refractivity contribution >= 4 is 15.7 Å². The molecule has 0 saturated heterocycles. The SMILES string of the molecule is [NH3+]CCS(=O)(=O)[N-]c1ccc(OC(F)(F)F)cc1. The molecule has 3 N–H and O–H groups in total. The maximum Gasteiger partial charge on any atom is 0.573 e. The van der Waals surface area contributed by atoms with Gasteiger partial charge in [0.15, 0.2) is 0 Å². The predicted molar refractivity (Wildman–Crippen MR) is 57.7 cm³/mol. The van der Waals surface area contributed by atoms with Gasteiger partial charge in [0.2, 0.25) is 0 Å². The van der Waals surface area contributed by atoms with E-state index in [1.54, 1.807) is 0 Å². The summed E-state index contributed by atoms with van der Waals surface area (Å²) in [6, 6.07) is 4.24. The molecule has 0 spiro atoms. The van der Waals surface area contributed by atoms with Crippen LogP contribution in [-0.2, 0) is 10.0 Å². The Bertz CT molecular complexity index is 485. The summed E-state index contributed by atoms with van der Waals surface area (Å²) in [5.41, 5.74) is 3.42. The van der Waals surface area contributed by atoms with Gasteiger partial charge in [-0.1, -0.05) is 12.1 Å². The van der Waals surface area contributed by atoms with E-state index in [9.17, 15) is 21.6 Å². The van der Waals surface area contributed by atoms with E-state index in [1.807, 2.05) is 0 Å². The Morgan fingerprint density at radius 2 is 1.78 bits per heavy atom. The van der Waals surface area contributed by atoms with Crippen LogP contribution >= 0.6 is 0 Å². The molecule has 0 atom stereocenters. The molecule has 0 bridgehead atoms. The molecule has 0 aliphatic carbocycles. The third kappa shape index (κ3) is 5.23. The Balaban J connectivity index is 2.72. The molecule has 18 heavy (non-hydrogen) atoms. The minimum atomic E-state index is -4.78. The molecule has 102 valence electrons. The Hall–Kier alpha value is -1.48. The maximum absolute atomic E-state index is 11.9. The van der Waals surface area contributed by atoms with E-state index in [4.69, 9.17) is 0 Å². The molecular weight excluding hydrogens is 273 g/mol. The predicted octanol–water partition coefficient (Wildman–Crippen LogP) is 1.16. The molecule has 0 saturated carbocycles. The number of quaternary nitrogens is 1. The first-order chi connectivity index (χ1) is 8.22. The first-order valence-electron chi connectivity index (χ1n) is 4.82. The Labute approximate surface area is 102 Å². The molecule has 5 nitrogen and oxygen atoms in total. The Morgan fingerprint density at radius 3 is 2.22 bits per heavy atom. The highest BCUT2D eigenvalue weighted by molar-refractivity contribution is 7.94. The van der Waals surface area contributed by atoms with Crippen LogP contribution < -0.4 is 10.5 Å². The third-order valence-corrected chi connectivity index (χ3v) is 3.01. The average Bonchev–Trinajstić information content (AvgIpc) is 2.18. The molecule has 0 aliphatic heterocycles. The Kier molecular flexibility index (Phi) is 4.41. The van der Waals surface area contributed by atoms with E-state index in [0.717, 1.165) is 24.3 Å². The van der Waals surface area contributed by atoms with Crippen molar-refractivity contribution in [2.24, 2.45) is 0 Å². The van der Waals surface area contributed by atoms with E-state index in [0.29, 0.717) is 0 Å². The lowest BCUT2D eigenvalue weighted by Crippen LogP contribution is -2.52. The zero-order valence-corrected chi connectivity index (χ0v) is 9.96. The maximum atomic E-state index is 11.9. The van der Waals surface area contributed by atoms with Crippen LogP contribution in [0.15, 0.2) is 24.3 Å². The number of benzene rings is 1. The molecule has 0 amide bonds. The van der Waals surface area contributed by atoms with Crippen LogP contribution in [0.5, 0.6) is 5.75 Å². The van der Waals surface area contributed by atoms with Crippen molar-refractivity contribution in [2.75, 3.05) is 12.3 Å². The van der Waals surface area contributed by atoms with Gasteiger partial charge >= 0.3 is 6.36 Å². The molecule has 1 aromatic rings. The molecule has 1 aromatic carbocycles. The van der Waals surface area contributed by atoms with Gasteiger partial charge in [0.05, 0.1) is 22.3 Å². The summed E-state index contributed by atoms with van der Waals surface area (Å²) in [7, 11) is -3.63. The number of hydrogen-bond donors (Lipinski definition) is 1. The highest BCUT2D eigenvalue weighted by Gasteiger charge is 2.30. The second-order valence-electron chi connectivity index (χ2n) is 3.27. The van der Waals surface area contributed by atoms with Gasteiger partial charge in [0, 0.05) is 0 Å². The van der Waals surface area contributed by atoms with E-state index >= 15 is 0 Å². The number of sulfonamides is 1. The van der Waals surface area contributed by atoms with Crippen molar-refractivity contribution in [3.63, 3.8) is 0 Å². The lowest BCUT2D eigenvalue weighted by molar-refractivity contribution is -0.360. The molecule has 0 unspecified atom stereocenters. The second kappa shape index (κ2) is 5.44. The van der Waals surface area contributed by atoms with Crippen LogP contribution in [-0.4, -0.2) is 27.1 Å². The fourth-order valence-electron chi connectivity index (χ4n) is 1.10. The molecule has 0 aliphatic rings. The van der Waals surface area contributed by atoms with E-state index < -0.39 is 22.1 Å². The monoisotopic (exact) mass is 284 g/mol. The van der Waals surface area contributed by atoms with Gasteiger partial charge < -0.3 is 15.2 Å². The number of ether oxygens (including phenoxy) is 1. The number of nitrogens with zero attached hydrogens (tertiary/aromatic N) is 1. The first-order valence-corrected chi connectivity index (χ1v) is 6.43. The standard InChI is InChI=1S/C9H10F3N2O3S/c10-9(11,12)17-8-3-1-7(2-4-8)14-18(15,16)6-5-13/h1-4H,5-6,13H2/q-1/p+1. The van der Waals surface area contributed by atoms with Gasteiger partial charge in [-0.15, -0.1) is 18.9 Å². The van der Waals surface area contributed by atoms with E-state index in [1.165, 1.54) is 0 Å². The van der Waals surface area contributed by atoms with Crippen molar-refractivity contribution < 1.29 is 32.1 Å². The molecule has 0 fully saturated rings. The van der Waals surface area contributed by atoms with E-state index in [2.05, 4.69) is 15.2 Å². The van der Waals surface area contributed by atoms with Crippen molar-refractivity contribution in [3.8, 4) is 5.75 Å².